The lowest BCUT2D eigenvalue weighted by molar-refractivity contribution is -0.147. The Morgan fingerprint density at radius 1 is 0.909 bits per heavy atom. The van der Waals surface area contributed by atoms with Crippen molar-refractivity contribution >= 4 is 11.5 Å². The average molecular weight is 439 g/mol. The van der Waals surface area contributed by atoms with Gasteiger partial charge in [0.2, 0.25) is 0 Å². The minimum atomic E-state index is -0.279. The van der Waals surface area contributed by atoms with Gasteiger partial charge in [0.15, 0.2) is 0 Å². The number of hydrogen-bond donors (Lipinski definition) is 0. The van der Waals surface area contributed by atoms with Crippen LogP contribution in [-0.4, -0.2) is 5.97 Å². The molecule has 2 aliphatic rings. The summed E-state index contributed by atoms with van der Waals surface area (Å²) < 4.78 is 11.8. The lowest BCUT2D eigenvalue weighted by Crippen LogP contribution is -2.14. The van der Waals surface area contributed by atoms with Gasteiger partial charge in [-0.25, -0.2) is 0 Å². The van der Waals surface area contributed by atoms with Crippen LogP contribution >= 0.6 is 0 Å². The highest BCUT2D eigenvalue weighted by atomic mass is 16.5. The standard InChI is InChI=1S/C30H30O3/c1-20(2)25-18-30(26-16-9-8-15-24(25)26)27(29(30,3)4)28(31)32-19-21-11-10-14-23(17-21)33-22-12-6-5-7-13-22/h5-18,20,27H,19H2,1-4H3/t27-,30+/m0/s1. The molecule has 0 aromatic heterocycles. The molecule has 0 N–H and O–H groups in total. The number of carbonyl (C=O) groups excluding carboxylic acids is 1. The zero-order valence-corrected chi connectivity index (χ0v) is 19.7. The molecule has 3 heteroatoms. The first-order valence-corrected chi connectivity index (χ1v) is 11.7. The molecule has 1 spiro atoms. The first-order valence-electron chi connectivity index (χ1n) is 11.7. The van der Waals surface area contributed by atoms with Crippen LogP contribution in [0.4, 0.5) is 0 Å². The number of para-hydroxylation sites is 1. The van der Waals surface area contributed by atoms with Gasteiger partial charge in [-0.3, -0.25) is 4.79 Å². The molecule has 0 bridgehead atoms. The smallest absolute Gasteiger partial charge is 0.311 e. The van der Waals surface area contributed by atoms with Gasteiger partial charge in [0.05, 0.1) is 5.92 Å². The number of benzene rings is 3. The van der Waals surface area contributed by atoms with Gasteiger partial charge in [-0.1, -0.05) is 88.4 Å². The third kappa shape index (κ3) is 3.47. The molecule has 0 unspecified atom stereocenters. The van der Waals surface area contributed by atoms with Crippen LogP contribution in [0.5, 0.6) is 11.5 Å². The minimum Gasteiger partial charge on any atom is -0.461 e. The molecular weight excluding hydrogens is 408 g/mol. The first kappa shape index (κ1) is 21.5. The third-order valence-corrected chi connectivity index (χ3v) is 7.34. The monoisotopic (exact) mass is 438 g/mol. The SMILES string of the molecule is CC(C)C1=C[C@@]2(c3ccccc31)[C@@H](C(=O)OCc1cccc(Oc3ccccc3)c1)C2(C)C. The van der Waals surface area contributed by atoms with Crippen molar-refractivity contribution in [3.05, 3.63) is 102 Å². The number of rotatable bonds is 6. The number of allylic oxidation sites excluding steroid dienone is 2. The molecule has 0 aliphatic heterocycles. The number of hydrogen-bond acceptors (Lipinski definition) is 3. The van der Waals surface area contributed by atoms with Crippen LogP contribution in [0, 0.1) is 17.3 Å². The van der Waals surface area contributed by atoms with E-state index in [4.69, 9.17) is 9.47 Å². The van der Waals surface area contributed by atoms with Crippen molar-refractivity contribution < 1.29 is 14.3 Å². The average Bonchev–Trinajstić information content (AvgIpc) is 3.10. The van der Waals surface area contributed by atoms with Gasteiger partial charge in [0, 0.05) is 5.41 Å². The molecule has 33 heavy (non-hydrogen) atoms. The Bertz CT molecular complexity index is 1220. The molecule has 3 aromatic carbocycles. The molecule has 5 rings (SSSR count). The van der Waals surface area contributed by atoms with Gasteiger partial charge in [-0.15, -0.1) is 0 Å². The van der Waals surface area contributed by atoms with Crippen molar-refractivity contribution in [1.82, 2.24) is 0 Å². The highest BCUT2D eigenvalue weighted by molar-refractivity contribution is 5.90. The van der Waals surface area contributed by atoms with E-state index in [-0.39, 0.29) is 29.3 Å². The fourth-order valence-electron chi connectivity index (χ4n) is 5.58. The van der Waals surface area contributed by atoms with Crippen molar-refractivity contribution in [2.24, 2.45) is 17.3 Å². The first-order chi connectivity index (χ1) is 15.8. The van der Waals surface area contributed by atoms with Crippen LogP contribution in [0.3, 0.4) is 0 Å². The van der Waals surface area contributed by atoms with Gasteiger partial charge >= 0.3 is 5.97 Å². The summed E-state index contributed by atoms with van der Waals surface area (Å²) in [6.07, 6.45) is 2.35. The summed E-state index contributed by atoms with van der Waals surface area (Å²) >= 11 is 0. The Morgan fingerprint density at radius 3 is 2.36 bits per heavy atom. The molecule has 3 nitrogen and oxygen atoms in total. The summed E-state index contributed by atoms with van der Waals surface area (Å²) in [5.41, 5.74) is 4.32. The minimum absolute atomic E-state index is 0.134. The maximum absolute atomic E-state index is 13.3. The Hall–Kier alpha value is -3.33. The van der Waals surface area contributed by atoms with Crippen LogP contribution in [0.2, 0.25) is 0 Å². The van der Waals surface area contributed by atoms with E-state index >= 15 is 0 Å². The van der Waals surface area contributed by atoms with Crippen molar-refractivity contribution in [2.75, 3.05) is 0 Å². The number of fused-ring (bicyclic) bond motifs is 2. The van der Waals surface area contributed by atoms with Crippen LogP contribution in [0.15, 0.2) is 84.9 Å². The molecule has 1 saturated carbocycles. The number of ether oxygens (including phenoxy) is 2. The van der Waals surface area contributed by atoms with Gasteiger partial charge in [-0.2, -0.15) is 0 Å². The molecule has 3 aromatic rings. The predicted octanol–water partition coefficient (Wildman–Crippen LogP) is 7.17. The Balaban J connectivity index is 1.33. The zero-order valence-electron chi connectivity index (χ0n) is 19.7. The fraction of sp³-hybridized carbons (Fsp3) is 0.300. The molecule has 0 amide bonds. The van der Waals surface area contributed by atoms with E-state index in [1.54, 1.807) is 0 Å². The maximum atomic E-state index is 13.3. The Morgan fingerprint density at radius 2 is 1.61 bits per heavy atom. The number of esters is 1. The Labute approximate surface area is 196 Å². The molecule has 2 aliphatic carbocycles. The van der Waals surface area contributed by atoms with Crippen molar-refractivity contribution in [3.63, 3.8) is 0 Å². The van der Waals surface area contributed by atoms with Crippen LogP contribution in [0.1, 0.15) is 44.4 Å². The van der Waals surface area contributed by atoms with Crippen molar-refractivity contribution in [3.8, 4) is 11.5 Å². The van der Waals surface area contributed by atoms with Crippen LogP contribution in [0.25, 0.3) is 5.57 Å². The molecule has 1 fully saturated rings. The Kier molecular flexibility index (Phi) is 5.16. The van der Waals surface area contributed by atoms with E-state index < -0.39 is 0 Å². The van der Waals surface area contributed by atoms with Gasteiger partial charge in [-0.05, 0) is 57.9 Å². The summed E-state index contributed by atoms with van der Waals surface area (Å²) in [4.78, 5) is 13.3. The second-order valence-corrected chi connectivity index (χ2v) is 9.99. The van der Waals surface area contributed by atoms with Gasteiger partial charge < -0.3 is 9.47 Å². The second-order valence-electron chi connectivity index (χ2n) is 9.99. The lowest BCUT2D eigenvalue weighted by Gasteiger charge is -2.13. The van der Waals surface area contributed by atoms with E-state index in [0.717, 1.165) is 17.1 Å². The second kappa shape index (κ2) is 7.91. The van der Waals surface area contributed by atoms with Crippen LogP contribution < -0.4 is 4.74 Å². The molecule has 2 atom stereocenters. The third-order valence-electron chi connectivity index (χ3n) is 7.34. The normalized spacial score (nSPS) is 22.1. The van der Waals surface area contributed by atoms with E-state index in [0.29, 0.717) is 5.92 Å². The number of carbonyl (C=O) groups is 1. The fourth-order valence-corrected chi connectivity index (χ4v) is 5.58. The zero-order chi connectivity index (χ0) is 23.2. The topological polar surface area (TPSA) is 35.5 Å². The predicted molar refractivity (Wildman–Crippen MR) is 131 cm³/mol. The summed E-state index contributed by atoms with van der Waals surface area (Å²) in [6, 6.07) is 25.9. The summed E-state index contributed by atoms with van der Waals surface area (Å²) in [5.74, 6) is 1.59. The van der Waals surface area contributed by atoms with Crippen molar-refractivity contribution in [1.29, 1.82) is 0 Å². The van der Waals surface area contributed by atoms with Gasteiger partial charge in [0.25, 0.3) is 0 Å². The van der Waals surface area contributed by atoms with E-state index in [1.165, 1.54) is 16.7 Å². The van der Waals surface area contributed by atoms with E-state index in [9.17, 15) is 4.79 Å². The summed E-state index contributed by atoms with van der Waals surface area (Å²) in [6.45, 7) is 9.03. The highest BCUT2D eigenvalue weighted by Crippen LogP contribution is 2.74. The van der Waals surface area contributed by atoms with E-state index in [2.05, 4.69) is 58.0 Å². The summed E-state index contributed by atoms with van der Waals surface area (Å²) in [7, 11) is 0. The molecule has 168 valence electrons. The lowest BCUT2D eigenvalue weighted by atomic mass is 9.89. The molecule has 0 heterocycles. The van der Waals surface area contributed by atoms with Crippen LogP contribution in [-0.2, 0) is 21.6 Å². The molecule has 0 radical (unpaired) electrons. The van der Waals surface area contributed by atoms with Crippen molar-refractivity contribution in [2.45, 2.75) is 39.7 Å². The highest BCUT2D eigenvalue weighted by Gasteiger charge is 2.76. The van der Waals surface area contributed by atoms with E-state index in [1.807, 2.05) is 54.6 Å². The quantitative estimate of drug-likeness (QED) is 0.383. The summed E-state index contributed by atoms with van der Waals surface area (Å²) in [5, 5.41) is 0. The largest absolute Gasteiger partial charge is 0.461 e. The molecular formula is C30H30O3. The van der Waals surface area contributed by atoms with Gasteiger partial charge in [0.1, 0.15) is 18.1 Å². The molecule has 0 saturated heterocycles. The maximum Gasteiger partial charge on any atom is 0.311 e.